The molecule has 0 saturated carbocycles. The molecule has 1 heterocycles. The SMILES string of the molecule is CC(C)NC(=O)c1cc2ccc(C(=O)NN)cc2s1. The monoisotopic (exact) mass is 277 g/mol. The number of nitrogen functional groups attached to an aromatic ring is 1. The first-order valence-electron chi connectivity index (χ1n) is 5.86. The Labute approximate surface area is 114 Å². The van der Waals surface area contributed by atoms with Crippen LogP contribution >= 0.6 is 11.3 Å². The molecular formula is C13H15N3O2S. The van der Waals surface area contributed by atoms with Crippen LogP contribution in [0.3, 0.4) is 0 Å². The van der Waals surface area contributed by atoms with Crippen LogP contribution in [0.1, 0.15) is 33.9 Å². The lowest BCUT2D eigenvalue weighted by Gasteiger charge is -2.05. The highest BCUT2D eigenvalue weighted by Gasteiger charge is 2.12. The molecule has 1 aromatic heterocycles. The molecule has 2 amide bonds. The molecule has 5 nitrogen and oxygen atoms in total. The maximum atomic E-state index is 11.9. The summed E-state index contributed by atoms with van der Waals surface area (Å²) in [4.78, 5) is 24.0. The number of thiophene rings is 1. The molecule has 4 N–H and O–H groups in total. The van der Waals surface area contributed by atoms with Crippen LogP contribution in [0.15, 0.2) is 24.3 Å². The topological polar surface area (TPSA) is 84.2 Å². The van der Waals surface area contributed by atoms with Crippen molar-refractivity contribution in [2.24, 2.45) is 5.84 Å². The molecule has 19 heavy (non-hydrogen) atoms. The van der Waals surface area contributed by atoms with Crippen LogP contribution < -0.4 is 16.6 Å². The lowest BCUT2D eigenvalue weighted by Crippen LogP contribution is -2.29. The Morgan fingerprint density at radius 3 is 2.58 bits per heavy atom. The maximum absolute atomic E-state index is 11.9. The van der Waals surface area contributed by atoms with Crippen LogP contribution in [0.5, 0.6) is 0 Å². The molecule has 0 fully saturated rings. The Morgan fingerprint density at radius 2 is 1.95 bits per heavy atom. The molecule has 0 spiro atoms. The van der Waals surface area contributed by atoms with Crippen LogP contribution in [0, 0.1) is 0 Å². The predicted molar refractivity (Wildman–Crippen MR) is 76.1 cm³/mol. The second-order valence-corrected chi connectivity index (χ2v) is 5.55. The van der Waals surface area contributed by atoms with Crippen molar-refractivity contribution >= 4 is 33.2 Å². The third-order valence-corrected chi connectivity index (χ3v) is 3.65. The Balaban J connectivity index is 2.35. The Hall–Kier alpha value is -1.92. The molecule has 0 aliphatic rings. The van der Waals surface area contributed by atoms with Crippen LogP contribution in [-0.2, 0) is 0 Å². The second-order valence-electron chi connectivity index (χ2n) is 4.46. The number of nitrogens with one attached hydrogen (secondary N) is 2. The summed E-state index contributed by atoms with van der Waals surface area (Å²) in [5, 5.41) is 3.78. The number of carbonyl (C=O) groups is 2. The zero-order valence-electron chi connectivity index (χ0n) is 10.7. The highest BCUT2D eigenvalue weighted by atomic mass is 32.1. The Bertz CT molecular complexity index is 634. The fourth-order valence-electron chi connectivity index (χ4n) is 1.70. The fourth-order valence-corrected chi connectivity index (χ4v) is 2.71. The van der Waals surface area contributed by atoms with Gasteiger partial charge in [-0.15, -0.1) is 11.3 Å². The van der Waals surface area contributed by atoms with Crippen molar-refractivity contribution in [3.8, 4) is 0 Å². The van der Waals surface area contributed by atoms with E-state index >= 15 is 0 Å². The van der Waals surface area contributed by atoms with E-state index < -0.39 is 0 Å². The number of amides is 2. The van der Waals surface area contributed by atoms with Gasteiger partial charge in [0.05, 0.1) is 4.88 Å². The van der Waals surface area contributed by atoms with E-state index in [1.807, 2.05) is 26.0 Å². The van der Waals surface area contributed by atoms with Crippen molar-refractivity contribution < 1.29 is 9.59 Å². The molecule has 0 bridgehead atoms. The van der Waals surface area contributed by atoms with E-state index in [4.69, 9.17) is 5.84 Å². The van der Waals surface area contributed by atoms with Crippen LogP contribution in [-0.4, -0.2) is 17.9 Å². The molecule has 1 aromatic carbocycles. The summed E-state index contributed by atoms with van der Waals surface area (Å²) in [6.07, 6.45) is 0. The first-order chi connectivity index (χ1) is 9.01. The maximum Gasteiger partial charge on any atom is 0.265 e. The minimum atomic E-state index is -0.344. The van der Waals surface area contributed by atoms with Gasteiger partial charge >= 0.3 is 0 Å². The van der Waals surface area contributed by atoms with Crippen molar-refractivity contribution in [2.45, 2.75) is 19.9 Å². The Kier molecular flexibility index (Phi) is 3.82. The summed E-state index contributed by atoms with van der Waals surface area (Å²) < 4.78 is 0.884. The van der Waals surface area contributed by atoms with Crippen LogP contribution in [0.25, 0.3) is 10.1 Å². The van der Waals surface area contributed by atoms with Crippen LogP contribution in [0.4, 0.5) is 0 Å². The van der Waals surface area contributed by atoms with Gasteiger partial charge in [0.25, 0.3) is 11.8 Å². The van der Waals surface area contributed by atoms with E-state index in [-0.39, 0.29) is 17.9 Å². The normalized spacial score (nSPS) is 10.7. The number of hydrazine groups is 1. The van der Waals surface area contributed by atoms with Crippen molar-refractivity contribution in [1.29, 1.82) is 0 Å². The molecule has 6 heteroatoms. The molecule has 0 aliphatic heterocycles. The first kappa shape index (κ1) is 13.5. The third-order valence-electron chi connectivity index (χ3n) is 2.56. The average molecular weight is 277 g/mol. The minimum Gasteiger partial charge on any atom is -0.349 e. The predicted octanol–water partition coefficient (Wildman–Crippen LogP) is 1.64. The first-order valence-corrected chi connectivity index (χ1v) is 6.68. The standard InChI is InChI=1S/C13H15N3O2S/c1-7(2)15-13(18)11-5-8-3-4-9(12(17)16-14)6-10(8)19-11/h3-7H,14H2,1-2H3,(H,15,18)(H,16,17). The molecule has 2 rings (SSSR count). The minimum absolute atomic E-state index is 0.0938. The summed E-state index contributed by atoms with van der Waals surface area (Å²) in [6, 6.07) is 7.14. The lowest BCUT2D eigenvalue weighted by molar-refractivity contribution is 0.0941. The highest BCUT2D eigenvalue weighted by molar-refractivity contribution is 7.20. The van der Waals surface area contributed by atoms with Gasteiger partial charge in [-0.1, -0.05) is 6.07 Å². The van der Waals surface area contributed by atoms with Gasteiger partial charge in [-0.25, -0.2) is 5.84 Å². The number of benzene rings is 1. The van der Waals surface area contributed by atoms with Crippen molar-refractivity contribution in [3.63, 3.8) is 0 Å². The summed E-state index contributed by atoms with van der Waals surface area (Å²) in [5.74, 6) is 4.66. The van der Waals surface area contributed by atoms with Gasteiger partial charge in [-0.2, -0.15) is 0 Å². The number of carbonyl (C=O) groups excluding carboxylic acids is 2. The number of fused-ring (bicyclic) bond motifs is 1. The van der Waals surface area contributed by atoms with Crippen molar-refractivity contribution in [1.82, 2.24) is 10.7 Å². The van der Waals surface area contributed by atoms with E-state index in [1.54, 1.807) is 12.1 Å². The summed E-state index contributed by atoms with van der Waals surface area (Å²) in [7, 11) is 0. The average Bonchev–Trinajstić information content (AvgIpc) is 2.79. The van der Waals surface area contributed by atoms with E-state index in [0.29, 0.717) is 10.4 Å². The van der Waals surface area contributed by atoms with Crippen molar-refractivity contribution in [3.05, 3.63) is 34.7 Å². The van der Waals surface area contributed by atoms with Crippen LogP contribution in [0.2, 0.25) is 0 Å². The van der Waals surface area contributed by atoms with E-state index in [1.165, 1.54) is 11.3 Å². The summed E-state index contributed by atoms with van der Waals surface area (Å²) in [6.45, 7) is 3.82. The zero-order chi connectivity index (χ0) is 14.0. The Morgan fingerprint density at radius 1 is 1.21 bits per heavy atom. The smallest absolute Gasteiger partial charge is 0.265 e. The fraction of sp³-hybridized carbons (Fsp3) is 0.231. The number of hydrogen-bond acceptors (Lipinski definition) is 4. The van der Waals surface area contributed by atoms with E-state index in [2.05, 4.69) is 10.7 Å². The van der Waals surface area contributed by atoms with Gasteiger partial charge in [-0.05, 0) is 37.4 Å². The van der Waals surface area contributed by atoms with Crippen molar-refractivity contribution in [2.75, 3.05) is 0 Å². The molecule has 0 radical (unpaired) electrons. The molecular weight excluding hydrogens is 262 g/mol. The van der Waals surface area contributed by atoms with E-state index in [0.717, 1.165) is 10.1 Å². The third kappa shape index (κ3) is 2.91. The molecule has 0 unspecified atom stereocenters. The van der Waals surface area contributed by atoms with Gasteiger partial charge in [0.1, 0.15) is 0 Å². The van der Waals surface area contributed by atoms with Gasteiger partial charge in [0.2, 0.25) is 0 Å². The van der Waals surface area contributed by atoms with E-state index in [9.17, 15) is 9.59 Å². The largest absolute Gasteiger partial charge is 0.349 e. The lowest BCUT2D eigenvalue weighted by atomic mass is 10.1. The van der Waals surface area contributed by atoms with Gasteiger partial charge in [-0.3, -0.25) is 15.0 Å². The summed E-state index contributed by atoms with van der Waals surface area (Å²) >= 11 is 1.36. The molecule has 2 aromatic rings. The molecule has 0 aliphatic carbocycles. The summed E-state index contributed by atoms with van der Waals surface area (Å²) in [5.41, 5.74) is 2.57. The zero-order valence-corrected chi connectivity index (χ0v) is 11.5. The van der Waals surface area contributed by atoms with Gasteiger partial charge < -0.3 is 5.32 Å². The molecule has 100 valence electrons. The quantitative estimate of drug-likeness (QED) is 0.453. The number of nitrogens with two attached hydrogens (primary N) is 1. The highest BCUT2D eigenvalue weighted by Crippen LogP contribution is 2.26. The number of rotatable bonds is 3. The van der Waals surface area contributed by atoms with Gasteiger partial charge in [0, 0.05) is 16.3 Å². The number of hydrogen-bond donors (Lipinski definition) is 3. The molecule has 0 saturated heterocycles. The second kappa shape index (κ2) is 5.38. The van der Waals surface area contributed by atoms with Gasteiger partial charge in [0.15, 0.2) is 0 Å². The molecule has 0 atom stereocenters.